The van der Waals surface area contributed by atoms with E-state index in [1.165, 1.54) is 19.4 Å². The highest BCUT2D eigenvalue weighted by Gasteiger charge is 2.38. The fourth-order valence-electron chi connectivity index (χ4n) is 2.88. The first-order valence-corrected chi connectivity index (χ1v) is 6.80. The Labute approximate surface area is 111 Å². The molecule has 1 unspecified atom stereocenters. The van der Waals surface area contributed by atoms with E-state index in [0.717, 1.165) is 32.8 Å². The van der Waals surface area contributed by atoms with Gasteiger partial charge in [-0.15, -0.1) is 0 Å². The summed E-state index contributed by atoms with van der Waals surface area (Å²) in [6.45, 7) is 6.24. The standard InChI is InChI=1S/C13H29N3O2/c1-15-6-4-5-13(11-14,12-15)16(7-9-17-2)8-10-18-3/h4-12,14H2,1-3H3. The van der Waals surface area contributed by atoms with E-state index in [1.807, 2.05) is 0 Å². The molecule has 0 bridgehead atoms. The van der Waals surface area contributed by atoms with Crippen LogP contribution in [0.4, 0.5) is 0 Å². The number of nitrogens with zero attached hydrogens (tertiary/aromatic N) is 2. The van der Waals surface area contributed by atoms with Gasteiger partial charge in [-0.2, -0.15) is 0 Å². The fraction of sp³-hybridized carbons (Fsp3) is 1.00. The third kappa shape index (κ3) is 4.17. The van der Waals surface area contributed by atoms with E-state index in [2.05, 4.69) is 16.8 Å². The molecule has 0 aromatic heterocycles. The van der Waals surface area contributed by atoms with Gasteiger partial charge >= 0.3 is 0 Å². The number of rotatable bonds is 8. The first kappa shape index (κ1) is 15.9. The molecule has 0 aromatic rings. The zero-order valence-corrected chi connectivity index (χ0v) is 12.2. The largest absolute Gasteiger partial charge is 0.383 e. The van der Waals surface area contributed by atoms with Crippen LogP contribution in [-0.4, -0.2) is 82.5 Å². The second-order valence-electron chi connectivity index (χ2n) is 5.24. The number of ether oxygens (including phenoxy) is 2. The lowest BCUT2D eigenvalue weighted by molar-refractivity contribution is -0.00379. The van der Waals surface area contributed by atoms with Crippen molar-refractivity contribution in [2.45, 2.75) is 18.4 Å². The molecule has 0 saturated carbocycles. The molecule has 5 nitrogen and oxygen atoms in total. The summed E-state index contributed by atoms with van der Waals surface area (Å²) in [5.74, 6) is 0. The van der Waals surface area contributed by atoms with Gasteiger partial charge in [-0.05, 0) is 26.4 Å². The second kappa shape index (κ2) is 8.07. The Bertz CT molecular complexity index is 220. The van der Waals surface area contributed by atoms with Crippen molar-refractivity contribution in [2.75, 3.05) is 67.2 Å². The van der Waals surface area contributed by atoms with Gasteiger partial charge < -0.3 is 20.1 Å². The lowest BCUT2D eigenvalue weighted by Gasteiger charge is -2.48. The van der Waals surface area contributed by atoms with Crippen LogP contribution in [0.25, 0.3) is 0 Å². The lowest BCUT2D eigenvalue weighted by Crippen LogP contribution is -2.63. The van der Waals surface area contributed by atoms with E-state index in [0.29, 0.717) is 6.54 Å². The normalized spacial score (nSPS) is 25.8. The van der Waals surface area contributed by atoms with Crippen LogP contribution in [0.2, 0.25) is 0 Å². The molecule has 0 radical (unpaired) electrons. The minimum Gasteiger partial charge on any atom is -0.383 e. The van der Waals surface area contributed by atoms with Gasteiger partial charge in [0.15, 0.2) is 0 Å². The minimum absolute atomic E-state index is 0.0874. The molecule has 0 amide bonds. The Morgan fingerprint density at radius 1 is 1.22 bits per heavy atom. The Balaban J connectivity index is 2.69. The van der Waals surface area contributed by atoms with Crippen molar-refractivity contribution >= 4 is 0 Å². The third-order valence-electron chi connectivity index (χ3n) is 3.93. The van der Waals surface area contributed by atoms with Crippen molar-refractivity contribution in [2.24, 2.45) is 5.73 Å². The van der Waals surface area contributed by atoms with Crippen molar-refractivity contribution in [1.29, 1.82) is 0 Å². The zero-order valence-electron chi connectivity index (χ0n) is 12.2. The summed E-state index contributed by atoms with van der Waals surface area (Å²) in [7, 11) is 5.67. The van der Waals surface area contributed by atoms with Gasteiger partial charge in [-0.1, -0.05) is 0 Å². The molecule has 1 aliphatic heterocycles. The number of methoxy groups -OCH3 is 2. The molecule has 5 heteroatoms. The smallest absolute Gasteiger partial charge is 0.0589 e. The summed E-state index contributed by atoms with van der Waals surface area (Å²) in [5, 5.41) is 0. The van der Waals surface area contributed by atoms with Crippen molar-refractivity contribution < 1.29 is 9.47 Å². The average molecular weight is 259 g/mol. The average Bonchev–Trinajstić information content (AvgIpc) is 2.38. The summed E-state index contributed by atoms with van der Waals surface area (Å²) < 4.78 is 10.4. The maximum atomic E-state index is 6.09. The van der Waals surface area contributed by atoms with Gasteiger partial charge in [-0.3, -0.25) is 4.90 Å². The molecule has 0 spiro atoms. The van der Waals surface area contributed by atoms with Crippen molar-refractivity contribution in [3.05, 3.63) is 0 Å². The molecule has 1 aliphatic rings. The number of likely N-dealkylation sites (N-methyl/N-ethyl adjacent to an activating group) is 1. The van der Waals surface area contributed by atoms with E-state index < -0.39 is 0 Å². The molecule has 1 saturated heterocycles. The topological polar surface area (TPSA) is 51.0 Å². The molecule has 1 atom stereocenters. The van der Waals surface area contributed by atoms with Gasteiger partial charge in [0.05, 0.1) is 13.2 Å². The monoisotopic (exact) mass is 259 g/mol. The molecule has 2 N–H and O–H groups in total. The summed E-state index contributed by atoms with van der Waals surface area (Å²) in [6.07, 6.45) is 2.38. The van der Waals surface area contributed by atoms with Crippen molar-refractivity contribution in [1.82, 2.24) is 9.80 Å². The summed E-state index contributed by atoms with van der Waals surface area (Å²) >= 11 is 0. The van der Waals surface area contributed by atoms with Gasteiger partial charge in [0.25, 0.3) is 0 Å². The molecule has 1 fully saturated rings. The van der Waals surface area contributed by atoms with Gasteiger partial charge in [0.2, 0.25) is 0 Å². The van der Waals surface area contributed by atoms with Crippen LogP contribution in [0.1, 0.15) is 12.8 Å². The summed E-state index contributed by atoms with van der Waals surface area (Å²) in [5.41, 5.74) is 6.18. The lowest BCUT2D eigenvalue weighted by atomic mass is 9.87. The molecular weight excluding hydrogens is 230 g/mol. The molecule has 1 heterocycles. The highest BCUT2D eigenvalue weighted by atomic mass is 16.5. The zero-order chi connectivity index (χ0) is 13.4. The third-order valence-corrected chi connectivity index (χ3v) is 3.93. The SMILES string of the molecule is COCCN(CCOC)C1(CN)CCCN(C)C1. The number of nitrogens with two attached hydrogens (primary N) is 1. The number of likely N-dealkylation sites (tertiary alicyclic amines) is 1. The van der Waals surface area contributed by atoms with E-state index in [4.69, 9.17) is 15.2 Å². The van der Waals surface area contributed by atoms with Crippen LogP contribution in [0, 0.1) is 0 Å². The number of hydrogen-bond acceptors (Lipinski definition) is 5. The number of hydrogen-bond donors (Lipinski definition) is 1. The van der Waals surface area contributed by atoms with Crippen LogP contribution in [-0.2, 0) is 9.47 Å². The Morgan fingerprint density at radius 3 is 2.28 bits per heavy atom. The molecule has 108 valence electrons. The maximum absolute atomic E-state index is 6.09. The molecule has 0 aliphatic carbocycles. The van der Waals surface area contributed by atoms with Crippen LogP contribution in [0.15, 0.2) is 0 Å². The van der Waals surface area contributed by atoms with E-state index in [-0.39, 0.29) is 5.54 Å². The van der Waals surface area contributed by atoms with Gasteiger partial charge in [0, 0.05) is 45.9 Å². The number of piperidine rings is 1. The van der Waals surface area contributed by atoms with E-state index in [9.17, 15) is 0 Å². The van der Waals surface area contributed by atoms with Crippen LogP contribution in [0.3, 0.4) is 0 Å². The molecule has 18 heavy (non-hydrogen) atoms. The molecule has 0 aromatic carbocycles. The van der Waals surface area contributed by atoms with Crippen LogP contribution >= 0.6 is 0 Å². The molecule has 1 rings (SSSR count). The fourth-order valence-corrected chi connectivity index (χ4v) is 2.88. The Morgan fingerprint density at radius 2 is 1.83 bits per heavy atom. The highest BCUT2D eigenvalue weighted by molar-refractivity contribution is 4.97. The van der Waals surface area contributed by atoms with Gasteiger partial charge in [-0.25, -0.2) is 0 Å². The first-order chi connectivity index (χ1) is 8.68. The van der Waals surface area contributed by atoms with Crippen molar-refractivity contribution in [3.63, 3.8) is 0 Å². The quantitative estimate of drug-likeness (QED) is 0.665. The highest BCUT2D eigenvalue weighted by Crippen LogP contribution is 2.26. The predicted molar refractivity (Wildman–Crippen MR) is 73.8 cm³/mol. The van der Waals surface area contributed by atoms with Crippen LogP contribution in [0.5, 0.6) is 0 Å². The Hall–Kier alpha value is -0.200. The van der Waals surface area contributed by atoms with Crippen molar-refractivity contribution in [3.8, 4) is 0 Å². The van der Waals surface area contributed by atoms with Crippen LogP contribution < -0.4 is 5.73 Å². The Kier molecular flexibility index (Phi) is 7.11. The first-order valence-electron chi connectivity index (χ1n) is 6.80. The van der Waals surface area contributed by atoms with E-state index >= 15 is 0 Å². The molecular formula is C13H29N3O2. The predicted octanol–water partition coefficient (Wildman–Crippen LogP) is 0.00430. The maximum Gasteiger partial charge on any atom is 0.0589 e. The summed E-state index contributed by atoms with van der Waals surface area (Å²) in [6, 6.07) is 0. The minimum atomic E-state index is 0.0874. The van der Waals surface area contributed by atoms with E-state index in [1.54, 1.807) is 14.2 Å². The van der Waals surface area contributed by atoms with Gasteiger partial charge in [0.1, 0.15) is 0 Å². The summed E-state index contributed by atoms with van der Waals surface area (Å²) in [4.78, 5) is 4.83. The second-order valence-corrected chi connectivity index (χ2v) is 5.24.